The lowest BCUT2D eigenvalue weighted by molar-refractivity contribution is -0.139. The summed E-state index contributed by atoms with van der Waals surface area (Å²) in [6.07, 6.45) is 3.84. The van der Waals surface area contributed by atoms with Crippen molar-refractivity contribution in [2.45, 2.75) is 6.42 Å². The summed E-state index contributed by atoms with van der Waals surface area (Å²) in [5, 5.41) is 9.61. The molecular weight excluding hydrogens is 208 g/mol. The average molecular weight is 220 g/mol. The highest BCUT2D eigenvalue weighted by Crippen LogP contribution is 2.22. The summed E-state index contributed by atoms with van der Waals surface area (Å²) in [5.74, 6) is -0.444. The van der Waals surface area contributed by atoms with Crippen LogP contribution in [-0.4, -0.2) is 24.5 Å². The molecule has 0 heterocycles. The van der Waals surface area contributed by atoms with Crippen molar-refractivity contribution >= 4 is 18.3 Å². The minimum Gasteiger partial charge on any atom is -0.507 e. The first-order valence-corrected chi connectivity index (χ1v) is 4.69. The van der Waals surface area contributed by atoms with Crippen LogP contribution in [0, 0.1) is 0 Å². The largest absolute Gasteiger partial charge is 0.507 e. The molecule has 0 spiro atoms. The number of hydrogen-bond acceptors (Lipinski definition) is 4. The van der Waals surface area contributed by atoms with Gasteiger partial charge in [0.15, 0.2) is 6.29 Å². The summed E-state index contributed by atoms with van der Waals surface area (Å²) in [4.78, 5) is 21.4. The number of aldehydes is 1. The van der Waals surface area contributed by atoms with Crippen LogP contribution in [0.3, 0.4) is 0 Å². The first kappa shape index (κ1) is 12.0. The van der Waals surface area contributed by atoms with Crippen LogP contribution in [0.25, 0.3) is 6.08 Å². The Morgan fingerprint density at radius 3 is 2.75 bits per heavy atom. The van der Waals surface area contributed by atoms with Crippen molar-refractivity contribution in [1.29, 1.82) is 0 Å². The van der Waals surface area contributed by atoms with Gasteiger partial charge in [-0.2, -0.15) is 0 Å². The van der Waals surface area contributed by atoms with E-state index in [1.165, 1.54) is 13.2 Å². The number of benzene rings is 1. The number of carbonyl (C=O) groups is 2. The predicted molar refractivity (Wildman–Crippen MR) is 59.2 cm³/mol. The molecule has 1 aromatic carbocycles. The van der Waals surface area contributed by atoms with Crippen LogP contribution in [0.1, 0.15) is 22.3 Å². The SMILES string of the molecule is COC(=O)CC=Cc1cccc(C=O)c1O. The molecule has 4 heteroatoms. The molecule has 0 fully saturated rings. The zero-order valence-corrected chi connectivity index (χ0v) is 8.84. The molecular formula is C12H12O4. The fourth-order valence-electron chi connectivity index (χ4n) is 1.18. The minimum atomic E-state index is -0.359. The van der Waals surface area contributed by atoms with Crippen LogP contribution in [-0.2, 0) is 9.53 Å². The van der Waals surface area contributed by atoms with E-state index in [0.717, 1.165) is 0 Å². The van der Waals surface area contributed by atoms with Crippen LogP contribution in [0.2, 0.25) is 0 Å². The molecule has 84 valence electrons. The van der Waals surface area contributed by atoms with Gasteiger partial charge in [-0.05, 0) is 6.07 Å². The molecule has 0 bridgehead atoms. The van der Waals surface area contributed by atoms with E-state index < -0.39 is 0 Å². The molecule has 0 unspecified atom stereocenters. The first-order valence-electron chi connectivity index (χ1n) is 4.69. The first-order chi connectivity index (χ1) is 7.69. The molecule has 1 N–H and O–H groups in total. The molecule has 0 radical (unpaired) electrons. The van der Waals surface area contributed by atoms with Crippen LogP contribution >= 0.6 is 0 Å². The number of aromatic hydroxyl groups is 1. The van der Waals surface area contributed by atoms with E-state index in [-0.39, 0.29) is 23.7 Å². The monoisotopic (exact) mass is 220 g/mol. The third-order valence-corrected chi connectivity index (χ3v) is 2.04. The van der Waals surface area contributed by atoms with Crippen molar-refractivity contribution in [1.82, 2.24) is 0 Å². The van der Waals surface area contributed by atoms with E-state index in [0.29, 0.717) is 11.8 Å². The quantitative estimate of drug-likeness (QED) is 0.620. The van der Waals surface area contributed by atoms with Gasteiger partial charge in [0.2, 0.25) is 0 Å². The van der Waals surface area contributed by atoms with Crippen molar-refractivity contribution < 1.29 is 19.4 Å². The Morgan fingerprint density at radius 1 is 1.44 bits per heavy atom. The maximum Gasteiger partial charge on any atom is 0.309 e. The Bertz CT molecular complexity index is 421. The lowest BCUT2D eigenvalue weighted by Gasteiger charge is -2.00. The molecule has 0 aliphatic heterocycles. The number of methoxy groups -OCH3 is 1. The molecule has 16 heavy (non-hydrogen) atoms. The Balaban J connectivity index is 2.81. The number of ether oxygens (including phenoxy) is 1. The maximum atomic E-state index is 10.8. The van der Waals surface area contributed by atoms with Gasteiger partial charge in [-0.1, -0.05) is 24.3 Å². The highest BCUT2D eigenvalue weighted by Gasteiger charge is 2.03. The summed E-state index contributed by atoms with van der Waals surface area (Å²) in [6, 6.07) is 4.82. The Labute approximate surface area is 93.2 Å². The molecule has 0 saturated carbocycles. The average Bonchev–Trinajstić information content (AvgIpc) is 2.31. The number of carbonyl (C=O) groups excluding carboxylic acids is 2. The molecule has 0 aromatic heterocycles. The van der Waals surface area contributed by atoms with E-state index in [1.807, 2.05) is 0 Å². The lowest BCUT2D eigenvalue weighted by Crippen LogP contribution is -1.96. The molecule has 0 aliphatic rings. The van der Waals surface area contributed by atoms with E-state index in [9.17, 15) is 14.7 Å². The summed E-state index contributed by atoms with van der Waals surface area (Å²) >= 11 is 0. The van der Waals surface area contributed by atoms with E-state index >= 15 is 0 Å². The lowest BCUT2D eigenvalue weighted by atomic mass is 10.1. The molecule has 0 aliphatic carbocycles. The maximum absolute atomic E-state index is 10.8. The molecule has 0 saturated heterocycles. The minimum absolute atomic E-state index is 0.0846. The van der Waals surface area contributed by atoms with Crippen LogP contribution in [0.5, 0.6) is 5.75 Å². The van der Waals surface area contributed by atoms with E-state index in [4.69, 9.17) is 0 Å². The third-order valence-electron chi connectivity index (χ3n) is 2.04. The second-order valence-corrected chi connectivity index (χ2v) is 3.09. The Hall–Kier alpha value is -2.10. The van der Waals surface area contributed by atoms with Crippen molar-refractivity contribution in [3.05, 3.63) is 35.4 Å². The zero-order chi connectivity index (χ0) is 12.0. The van der Waals surface area contributed by atoms with Crippen molar-refractivity contribution in [3.8, 4) is 5.75 Å². The van der Waals surface area contributed by atoms with E-state index in [2.05, 4.69) is 4.74 Å². The number of para-hydroxylation sites is 1. The van der Waals surface area contributed by atoms with Gasteiger partial charge in [0.05, 0.1) is 19.1 Å². The summed E-state index contributed by atoms with van der Waals surface area (Å²) in [6.45, 7) is 0. The smallest absolute Gasteiger partial charge is 0.309 e. The van der Waals surface area contributed by atoms with Gasteiger partial charge >= 0.3 is 5.97 Å². The normalized spacial score (nSPS) is 10.3. The third kappa shape index (κ3) is 2.95. The van der Waals surface area contributed by atoms with Crippen LogP contribution < -0.4 is 0 Å². The number of hydrogen-bond donors (Lipinski definition) is 1. The highest BCUT2D eigenvalue weighted by atomic mass is 16.5. The topological polar surface area (TPSA) is 63.6 Å². The van der Waals surface area contributed by atoms with Crippen molar-refractivity contribution in [2.24, 2.45) is 0 Å². The fraction of sp³-hybridized carbons (Fsp3) is 0.167. The van der Waals surface area contributed by atoms with Crippen LogP contribution in [0.15, 0.2) is 24.3 Å². The predicted octanol–water partition coefficient (Wildman–Crippen LogP) is 1.78. The second kappa shape index (κ2) is 5.70. The van der Waals surface area contributed by atoms with Crippen LogP contribution in [0.4, 0.5) is 0 Å². The number of rotatable bonds is 4. The van der Waals surface area contributed by atoms with Gasteiger partial charge < -0.3 is 9.84 Å². The summed E-state index contributed by atoms with van der Waals surface area (Å²) < 4.78 is 4.45. The van der Waals surface area contributed by atoms with Gasteiger partial charge in [0.25, 0.3) is 0 Å². The summed E-state index contributed by atoms with van der Waals surface area (Å²) in [7, 11) is 1.31. The Kier molecular flexibility index (Phi) is 4.27. The second-order valence-electron chi connectivity index (χ2n) is 3.09. The summed E-state index contributed by atoms with van der Waals surface area (Å²) in [5.41, 5.74) is 0.716. The van der Waals surface area contributed by atoms with Gasteiger partial charge in [-0.3, -0.25) is 9.59 Å². The molecule has 0 atom stereocenters. The number of phenols is 1. The van der Waals surface area contributed by atoms with Gasteiger partial charge in [-0.15, -0.1) is 0 Å². The molecule has 1 rings (SSSR count). The number of esters is 1. The van der Waals surface area contributed by atoms with Gasteiger partial charge in [-0.25, -0.2) is 0 Å². The molecule has 1 aromatic rings. The van der Waals surface area contributed by atoms with Crippen molar-refractivity contribution in [3.63, 3.8) is 0 Å². The van der Waals surface area contributed by atoms with E-state index in [1.54, 1.807) is 24.3 Å². The molecule has 0 amide bonds. The fourth-order valence-corrected chi connectivity index (χ4v) is 1.18. The number of phenolic OH excluding ortho intramolecular Hbond substituents is 1. The molecule has 4 nitrogen and oxygen atoms in total. The highest BCUT2D eigenvalue weighted by molar-refractivity contribution is 5.82. The van der Waals surface area contributed by atoms with Crippen molar-refractivity contribution in [2.75, 3.05) is 7.11 Å². The van der Waals surface area contributed by atoms with Gasteiger partial charge in [0, 0.05) is 5.56 Å². The Morgan fingerprint density at radius 2 is 2.12 bits per heavy atom. The zero-order valence-electron chi connectivity index (χ0n) is 8.84. The van der Waals surface area contributed by atoms with Gasteiger partial charge in [0.1, 0.15) is 5.75 Å². The standard InChI is InChI=1S/C12H12O4/c1-16-11(14)7-3-5-9-4-2-6-10(8-13)12(9)15/h2-6,8,15H,7H2,1H3.